The predicted molar refractivity (Wildman–Crippen MR) is 75.6 cm³/mol. The maximum atomic E-state index is 12.0. The van der Waals surface area contributed by atoms with E-state index in [4.69, 9.17) is 4.74 Å². The summed E-state index contributed by atoms with van der Waals surface area (Å²) < 4.78 is 5.33. The molecule has 3 unspecified atom stereocenters. The zero-order valence-corrected chi connectivity index (χ0v) is 12.9. The number of hydrogen-bond donors (Lipinski definition) is 3. The van der Waals surface area contributed by atoms with E-state index < -0.39 is 17.5 Å². The summed E-state index contributed by atoms with van der Waals surface area (Å²) in [6.45, 7) is 7.47. The Morgan fingerprint density at radius 2 is 2.05 bits per heavy atom. The fourth-order valence-corrected chi connectivity index (χ4v) is 2.70. The van der Waals surface area contributed by atoms with Gasteiger partial charge in [-0.1, -0.05) is 27.2 Å². The van der Waals surface area contributed by atoms with E-state index in [9.17, 15) is 14.7 Å². The minimum absolute atomic E-state index is 0.00729. The SMILES string of the molecule is CCCC(C)(NC(=O)NC1CC(OC)C1(C)C)C(=O)O. The Bertz CT molecular complexity index is 383. The van der Waals surface area contributed by atoms with Gasteiger partial charge in [0, 0.05) is 18.6 Å². The van der Waals surface area contributed by atoms with Crippen molar-refractivity contribution >= 4 is 12.0 Å². The average molecular weight is 286 g/mol. The number of methoxy groups -OCH3 is 1. The molecule has 20 heavy (non-hydrogen) atoms. The van der Waals surface area contributed by atoms with Gasteiger partial charge in [-0.15, -0.1) is 0 Å². The van der Waals surface area contributed by atoms with Crippen molar-refractivity contribution in [1.29, 1.82) is 0 Å². The first-order valence-electron chi connectivity index (χ1n) is 7.02. The highest BCUT2D eigenvalue weighted by molar-refractivity contribution is 5.86. The van der Waals surface area contributed by atoms with Crippen LogP contribution in [-0.4, -0.2) is 41.9 Å². The molecule has 0 aliphatic heterocycles. The molecule has 0 aromatic heterocycles. The Balaban J connectivity index is 2.58. The quantitative estimate of drug-likeness (QED) is 0.694. The third-order valence-corrected chi connectivity index (χ3v) is 4.38. The van der Waals surface area contributed by atoms with Crippen LogP contribution in [0.25, 0.3) is 0 Å². The van der Waals surface area contributed by atoms with Gasteiger partial charge in [0.05, 0.1) is 6.10 Å². The molecule has 0 spiro atoms. The van der Waals surface area contributed by atoms with Crippen molar-refractivity contribution < 1.29 is 19.4 Å². The number of carboxylic acids is 1. The number of aliphatic carboxylic acids is 1. The van der Waals surface area contributed by atoms with Crippen LogP contribution in [0.4, 0.5) is 4.79 Å². The molecule has 1 aliphatic carbocycles. The number of ether oxygens (including phenoxy) is 1. The Labute approximate surface area is 120 Å². The summed E-state index contributed by atoms with van der Waals surface area (Å²) in [4.78, 5) is 23.3. The van der Waals surface area contributed by atoms with Gasteiger partial charge in [-0.05, 0) is 19.8 Å². The van der Waals surface area contributed by atoms with Crippen molar-refractivity contribution in [3.05, 3.63) is 0 Å². The van der Waals surface area contributed by atoms with E-state index in [-0.39, 0.29) is 17.6 Å². The van der Waals surface area contributed by atoms with Crippen LogP contribution in [0.1, 0.15) is 47.0 Å². The normalized spacial score (nSPS) is 27.1. The average Bonchev–Trinajstić information content (AvgIpc) is 2.33. The topological polar surface area (TPSA) is 87.7 Å². The highest BCUT2D eigenvalue weighted by Gasteiger charge is 2.49. The van der Waals surface area contributed by atoms with Gasteiger partial charge in [-0.25, -0.2) is 9.59 Å². The smallest absolute Gasteiger partial charge is 0.329 e. The van der Waals surface area contributed by atoms with Crippen molar-refractivity contribution in [3.63, 3.8) is 0 Å². The fraction of sp³-hybridized carbons (Fsp3) is 0.857. The van der Waals surface area contributed by atoms with Crippen LogP contribution in [0, 0.1) is 5.41 Å². The van der Waals surface area contributed by atoms with Gasteiger partial charge in [-0.3, -0.25) is 0 Å². The van der Waals surface area contributed by atoms with Gasteiger partial charge in [0.25, 0.3) is 0 Å². The molecule has 3 atom stereocenters. The molecule has 0 heterocycles. The molecule has 0 aromatic carbocycles. The Kier molecular flexibility index (Phi) is 5.02. The molecule has 6 nitrogen and oxygen atoms in total. The van der Waals surface area contributed by atoms with E-state index in [0.717, 1.165) is 6.42 Å². The van der Waals surface area contributed by atoms with Crippen LogP contribution in [0.15, 0.2) is 0 Å². The molecule has 2 amide bonds. The predicted octanol–water partition coefficient (Wildman–Crippen LogP) is 1.74. The van der Waals surface area contributed by atoms with E-state index in [1.165, 1.54) is 6.92 Å². The summed E-state index contributed by atoms with van der Waals surface area (Å²) >= 11 is 0. The second kappa shape index (κ2) is 5.99. The molecule has 1 saturated carbocycles. The lowest BCUT2D eigenvalue weighted by molar-refractivity contribution is -0.144. The fourth-order valence-electron chi connectivity index (χ4n) is 2.70. The first-order chi connectivity index (χ1) is 9.17. The summed E-state index contributed by atoms with van der Waals surface area (Å²) in [5.41, 5.74) is -1.37. The zero-order chi connectivity index (χ0) is 15.6. The molecule has 0 aromatic rings. The Morgan fingerprint density at radius 3 is 2.45 bits per heavy atom. The molecule has 6 heteroatoms. The van der Waals surface area contributed by atoms with E-state index in [1.54, 1.807) is 7.11 Å². The van der Waals surface area contributed by atoms with Gasteiger partial charge < -0.3 is 20.5 Å². The van der Waals surface area contributed by atoms with Crippen molar-refractivity contribution in [1.82, 2.24) is 10.6 Å². The first-order valence-corrected chi connectivity index (χ1v) is 7.02. The van der Waals surface area contributed by atoms with Gasteiger partial charge >= 0.3 is 12.0 Å². The highest BCUT2D eigenvalue weighted by atomic mass is 16.5. The van der Waals surface area contributed by atoms with Crippen LogP contribution >= 0.6 is 0 Å². The van der Waals surface area contributed by atoms with Crippen molar-refractivity contribution in [2.45, 2.75) is 64.6 Å². The first kappa shape index (κ1) is 16.8. The van der Waals surface area contributed by atoms with Crippen LogP contribution in [0.5, 0.6) is 0 Å². The summed E-state index contributed by atoms with van der Waals surface area (Å²) in [7, 11) is 1.66. The Hall–Kier alpha value is -1.30. The van der Waals surface area contributed by atoms with Gasteiger partial charge in [0.15, 0.2) is 0 Å². The second-order valence-electron chi connectivity index (χ2n) is 6.32. The maximum absolute atomic E-state index is 12.0. The number of hydrogen-bond acceptors (Lipinski definition) is 3. The molecule has 116 valence electrons. The molecule has 0 saturated heterocycles. The molecule has 1 fully saturated rings. The highest BCUT2D eigenvalue weighted by Crippen LogP contribution is 2.42. The number of carbonyl (C=O) groups is 2. The molecular weight excluding hydrogens is 260 g/mol. The van der Waals surface area contributed by atoms with Gasteiger partial charge in [-0.2, -0.15) is 0 Å². The lowest BCUT2D eigenvalue weighted by Crippen LogP contribution is -2.65. The number of rotatable bonds is 6. The van der Waals surface area contributed by atoms with E-state index in [1.807, 2.05) is 20.8 Å². The van der Waals surface area contributed by atoms with Crippen molar-refractivity contribution in [2.75, 3.05) is 7.11 Å². The van der Waals surface area contributed by atoms with E-state index >= 15 is 0 Å². The summed E-state index contributed by atoms with van der Waals surface area (Å²) in [5, 5.41) is 14.7. The van der Waals surface area contributed by atoms with Crippen LogP contribution in [-0.2, 0) is 9.53 Å². The molecular formula is C14H26N2O4. The third-order valence-electron chi connectivity index (χ3n) is 4.38. The van der Waals surface area contributed by atoms with Crippen LogP contribution in [0.3, 0.4) is 0 Å². The molecule has 1 aliphatic rings. The van der Waals surface area contributed by atoms with E-state index in [2.05, 4.69) is 10.6 Å². The molecule has 0 bridgehead atoms. The van der Waals surface area contributed by atoms with Crippen molar-refractivity contribution in [3.8, 4) is 0 Å². The van der Waals surface area contributed by atoms with Crippen LogP contribution in [0.2, 0.25) is 0 Å². The minimum atomic E-state index is -1.23. The third kappa shape index (κ3) is 3.23. The van der Waals surface area contributed by atoms with Gasteiger partial charge in [0.2, 0.25) is 0 Å². The summed E-state index contributed by atoms with van der Waals surface area (Å²) in [6.07, 6.45) is 1.94. The number of carboxylic acid groups (broad SMARTS) is 1. The molecule has 0 radical (unpaired) electrons. The van der Waals surface area contributed by atoms with E-state index in [0.29, 0.717) is 12.8 Å². The number of amides is 2. The molecule has 1 rings (SSSR count). The Morgan fingerprint density at radius 1 is 1.45 bits per heavy atom. The second-order valence-corrected chi connectivity index (χ2v) is 6.32. The van der Waals surface area contributed by atoms with Crippen molar-refractivity contribution in [2.24, 2.45) is 5.41 Å². The zero-order valence-electron chi connectivity index (χ0n) is 12.9. The lowest BCUT2D eigenvalue weighted by atomic mass is 9.64. The number of nitrogens with one attached hydrogen (secondary N) is 2. The standard InChI is InChI=1S/C14H26N2O4/c1-6-7-14(4,11(17)18)16-12(19)15-9-8-10(20-5)13(9,2)3/h9-10H,6-8H2,1-5H3,(H,17,18)(H2,15,16,19). The summed E-state index contributed by atoms with van der Waals surface area (Å²) in [5.74, 6) is -1.02. The minimum Gasteiger partial charge on any atom is -0.480 e. The number of carbonyl (C=O) groups excluding carboxylic acids is 1. The molecule has 3 N–H and O–H groups in total. The number of urea groups is 1. The summed E-state index contributed by atoms with van der Waals surface area (Å²) in [6, 6.07) is -0.442. The largest absolute Gasteiger partial charge is 0.480 e. The maximum Gasteiger partial charge on any atom is 0.329 e. The monoisotopic (exact) mass is 286 g/mol. The van der Waals surface area contributed by atoms with Crippen LogP contribution < -0.4 is 10.6 Å². The van der Waals surface area contributed by atoms with Gasteiger partial charge in [0.1, 0.15) is 5.54 Å². The lowest BCUT2D eigenvalue weighted by Gasteiger charge is -2.51.